The van der Waals surface area contributed by atoms with Gasteiger partial charge in [0, 0.05) is 25.3 Å². The number of nitrogens with one attached hydrogen (secondary N) is 1. The number of hydroxylamine groups is 1. The van der Waals surface area contributed by atoms with Crippen LogP contribution in [0.2, 0.25) is 0 Å². The number of carbonyl (C=O) groups is 1. The highest BCUT2D eigenvalue weighted by Gasteiger charge is 2.05. The van der Waals surface area contributed by atoms with E-state index in [0.717, 1.165) is 31.2 Å². The number of hydrogen-bond acceptors (Lipinski definition) is 5. The van der Waals surface area contributed by atoms with Gasteiger partial charge >= 0.3 is 0 Å². The van der Waals surface area contributed by atoms with E-state index in [0.29, 0.717) is 12.3 Å². The fourth-order valence-electron chi connectivity index (χ4n) is 2.50. The van der Waals surface area contributed by atoms with E-state index >= 15 is 0 Å². The number of ether oxygens (including phenoxy) is 2. The summed E-state index contributed by atoms with van der Waals surface area (Å²) in [6.45, 7) is 3.69. The van der Waals surface area contributed by atoms with Gasteiger partial charge in [-0.05, 0) is 56.9 Å². The van der Waals surface area contributed by atoms with E-state index in [-0.39, 0.29) is 5.91 Å². The summed E-state index contributed by atoms with van der Waals surface area (Å²) in [5.41, 5.74) is 4.58. The third-order valence-electron chi connectivity index (χ3n) is 4.24. The Labute approximate surface area is 180 Å². The Morgan fingerprint density at radius 1 is 1.07 bits per heavy atom. The molecule has 1 aromatic rings. The smallest absolute Gasteiger partial charge is 0.243 e. The molecule has 1 rings (SSSR count). The third kappa shape index (κ3) is 11.3. The molecule has 0 aliphatic heterocycles. The first-order valence-corrected chi connectivity index (χ1v) is 10.2. The van der Waals surface area contributed by atoms with Gasteiger partial charge in [0.05, 0.1) is 7.11 Å². The molecule has 30 heavy (non-hydrogen) atoms. The van der Waals surface area contributed by atoms with Crippen molar-refractivity contribution in [3.63, 3.8) is 0 Å². The van der Waals surface area contributed by atoms with Gasteiger partial charge in [0.15, 0.2) is 6.29 Å². The Bertz CT molecular complexity index is 721. The maximum Gasteiger partial charge on any atom is 0.243 e. The van der Waals surface area contributed by atoms with Crippen molar-refractivity contribution in [3.05, 3.63) is 72.0 Å². The molecule has 0 spiro atoms. The van der Waals surface area contributed by atoms with Crippen LogP contribution in [0.1, 0.15) is 50.7 Å². The molecule has 0 heterocycles. The molecule has 0 aliphatic rings. The Morgan fingerprint density at radius 2 is 1.80 bits per heavy atom. The predicted molar refractivity (Wildman–Crippen MR) is 121 cm³/mol. The van der Waals surface area contributed by atoms with Gasteiger partial charge < -0.3 is 9.47 Å². The molecule has 1 aromatic carbocycles. The van der Waals surface area contributed by atoms with Crippen LogP contribution in [0, 0.1) is 0 Å². The zero-order valence-corrected chi connectivity index (χ0v) is 18.5. The van der Waals surface area contributed by atoms with Gasteiger partial charge in [-0.15, -0.1) is 0 Å². The molecular formula is C24H34N2O4. The summed E-state index contributed by atoms with van der Waals surface area (Å²) >= 11 is 0. The van der Waals surface area contributed by atoms with Crippen molar-refractivity contribution in [1.82, 2.24) is 5.48 Å². The second kappa shape index (κ2) is 16.1. The normalized spacial score (nSPS) is 13.4. The average Bonchev–Trinajstić information content (AvgIpc) is 2.77. The minimum atomic E-state index is -0.448. The standard InChI is InChI=1S/C24H34N2O4/c1-5-6-7-8-12-19-25-24(29-4)22-17-15-21(16-18-22)13-10-9-11-14-23(27)26-30-20(2)28-3/h5-8,12,15-20H,9-11,13-14H2,1-4H3,(H,26,27)/b6-5-,8-7-,19-12+,25-24?. The average molecular weight is 415 g/mol. The lowest BCUT2D eigenvalue weighted by molar-refractivity contribution is -0.171. The maximum absolute atomic E-state index is 11.6. The molecule has 0 fully saturated rings. The van der Waals surface area contributed by atoms with Crippen LogP contribution in [0.4, 0.5) is 0 Å². The first kappa shape index (κ1) is 25.3. The van der Waals surface area contributed by atoms with Crippen molar-refractivity contribution in [2.45, 2.75) is 52.2 Å². The molecule has 0 saturated heterocycles. The number of aryl methyl sites for hydroxylation is 1. The zero-order chi connectivity index (χ0) is 22.0. The molecule has 164 valence electrons. The highest BCUT2D eigenvalue weighted by molar-refractivity contribution is 5.94. The van der Waals surface area contributed by atoms with Gasteiger partial charge in [-0.2, -0.15) is 0 Å². The highest BCUT2D eigenvalue weighted by atomic mass is 16.8. The fraction of sp³-hybridized carbons (Fsp3) is 0.417. The number of methoxy groups -OCH3 is 2. The van der Waals surface area contributed by atoms with E-state index in [9.17, 15) is 4.79 Å². The van der Waals surface area contributed by atoms with Gasteiger partial charge in [-0.1, -0.05) is 42.9 Å². The molecule has 0 aromatic heterocycles. The Balaban J connectivity index is 2.37. The van der Waals surface area contributed by atoms with Crippen LogP contribution in [-0.2, 0) is 25.5 Å². The molecule has 6 heteroatoms. The number of rotatable bonds is 13. The Kier molecular flexibility index (Phi) is 13.6. The zero-order valence-electron chi connectivity index (χ0n) is 18.5. The SMILES string of the molecule is C\C=C/C=C\C=C\N=C(OC)c1ccc(CCCCCC(=O)NOC(C)OC)cc1. The largest absolute Gasteiger partial charge is 0.481 e. The van der Waals surface area contributed by atoms with Crippen molar-refractivity contribution in [2.24, 2.45) is 4.99 Å². The van der Waals surface area contributed by atoms with Crippen LogP contribution in [0.25, 0.3) is 0 Å². The van der Waals surface area contributed by atoms with E-state index < -0.39 is 6.29 Å². The summed E-state index contributed by atoms with van der Waals surface area (Å²) in [6.07, 6.45) is 15.1. The number of hydrogen-bond donors (Lipinski definition) is 1. The van der Waals surface area contributed by atoms with Crippen molar-refractivity contribution >= 4 is 11.8 Å². The lowest BCUT2D eigenvalue weighted by Gasteiger charge is -2.11. The molecule has 0 aliphatic carbocycles. The van der Waals surface area contributed by atoms with Crippen LogP contribution >= 0.6 is 0 Å². The van der Waals surface area contributed by atoms with E-state index in [1.807, 2.05) is 49.4 Å². The first-order chi connectivity index (χ1) is 14.6. The van der Waals surface area contributed by atoms with E-state index in [1.54, 1.807) is 20.2 Å². The van der Waals surface area contributed by atoms with E-state index in [1.165, 1.54) is 12.7 Å². The number of amides is 1. The topological polar surface area (TPSA) is 69.2 Å². The van der Waals surface area contributed by atoms with Crippen LogP contribution < -0.4 is 5.48 Å². The predicted octanol–water partition coefficient (Wildman–Crippen LogP) is 4.87. The summed E-state index contributed by atoms with van der Waals surface area (Å²) < 4.78 is 10.3. The monoisotopic (exact) mass is 414 g/mol. The lowest BCUT2D eigenvalue weighted by atomic mass is 10.0. The third-order valence-corrected chi connectivity index (χ3v) is 4.24. The molecule has 1 amide bonds. The minimum absolute atomic E-state index is 0.124. The quantitative estimate of drug-likeness (QED) is 0.125. The summed E-state index contributed by atoms with van der Waals surface area (Å²) in [5, 5.41) is 0. The highest BCUT2D eigenvalue weighted by Crippen LogP contribution is 2.11. The molecule has 0 saturated carbocycles. The minimum Gasteiger partial charge on any atom is -0.481 e. The summed E-state index contributed by atoms with van der Waals surface area (Å²) in [4.78, 5) is 21.0. The number of carbonyl (C=O) groups excluding carboxylic acids is 1. The van der Waals surface area contributed by atoms with Gasteiger partial charge in [-0.25, -0.2) is 15.3 Å². The van der Waals surface area contributed by atoms with Crippen LogP contribution in [0.15, 0.2) is 65.8 Å². The van der Waals surface area contributed by atoms with Gasteiger partial charge in [0.1, 0.15) is 0 Å². The molecule has 1 atom stereocenters. The van der Waals surface area contributed by atoms with Crippen molar-refractivity contribution < 1.29 is 19.1 Å². The molecule has 0 radical (unpaired) electrons. The van der Waals surface area contributed by atoms with Crippen molar-refractivity contribution in [3.8, 4) is 0 Å². The van der Waals surface area contributed by atoms with Crippen LogP contribution in [-0.4, -0.2) is 32.3 Å². The number of unbranched alkanes of at least 4 members (excludes halogenated alkanes) is 2. The van der Waals surface area contributed by atoms with Gasteiger partial charge in [0.2, 0.25) is 11.8 Å². The second-order valence-corrected chi connectivity index (χ2v) is 6.59. The molecule has 0 bridgehead atoms. The lowest BCUT2D eigenvalue weighted by Crippen LogP contribution is -2.28. The molecule has 6 nitrogen and oxygen atoms in total. The van der Waals surface area contributed by atoms with E-state index in [4.69, 9.17) is 14.3 Å². The van der Waals surface area contributed by atoms with E-state index in [2.05, 4.69) is 22.6 Å². The van der Waals surface area contributed by atoms with Crippen molar-refractivity contribution in [2.75, 3.05) is 14.2 Å². The molecule has 1 unspecified atom stereocenters. The molecular weight excluding hydrogens is 380 g/mol. The van der Waals surface area contributed by atoms with Crippen LogP contribution in [0.3, 0.4) is 0 Å². The fourth-order valence-corrected chi connectivity index (χ4v) is 2.50. The van der Waals surface area contributed by atoms with Crippen LogP contribution in [0.5, 0.6) is 0 Å². The maximum atomic E-state index is 11.6. The second-order valence-electron chi connectivity index (χ2n) is 6.59. The summed E-state index contributed by atoms with van der Waals surface area (Å²) in [7, 11) is 3.14. The number of nitrogens with zero attached hydrogens (tertiary/aromatic N) is 1. The number of allylic oxidation sites excluding steroid dienone is 5. The van der Waals surface area contributed by atoms with Gasteiger partial charge in [-0.3, -0.25) is 4.79 Å². The molecule has 1 N–H and O–H groups in total. The number of aliphatic imine (C=N–C) groups is 1. The summed E-state index contributed by atoms with van der Waals surface area (Å²) in [5.74, 6) is 0.453. The Hall–Kier alpha value is -2.70. The Morgan fingerprint density at radius 3 is 2.47 bits per heavy atom. The summed E-state index contributed by atoms with van der Waals surface area (Å²) in [6, 6.07) is 8.21. The van der Waals surface area contributed by atoms with Gasteiger partial charge in [0.25, 0.3) is 0 Å². The first-order valence-electron chi connectivity index (χ1n) is 10.2. The van der Waals surface area contributed by atoms with Crippen molar-refractivity contribution in [1.29, 1.82) is 0 Å². The number of benzene rings is 1.